The highest BCUT2D eigenvalue weighted by Gasteiger charge is 2.35. The number of esters is 1. The molecule has 1 fully saturated rings. The molecule has 0 spiro atoms. The molecule has 7 heteroatoms. The van der Waals surface area contributed by atoms with Crippen LogP contribution >= 0.6 is 11.3 Å². The number of benzene rings is 1. The first-order chi connectivity index (χ1) is 15.5. The predicted molar refractivity (Wildman–Crippen MR) is 125 cm³/mol. The SMILES string of the molecule is CC(=O)OC(C(=O)c1cc(-c2ccccc2)c(=O)n2ccc3ccsc3c12)[C@H]1CCCN1. The van der Waals surface area contributed by atoms with Crippen molar-refractivity contribution in [2.75, 3.05) is 6.54 Å². The van der Waals surface area contributed by atoms with E-state index in [2.05, 4.69) is 5.32 Å². The minimum absolute atomic E-state index is 0.193. The molecular formula is C25H22N2O4S. The van der Waals surface area contributed by atoms with Crippen molar-refractivity contribution in [3.8, 4) is 11.1 Å². The zero-order valence-electron chi connectivity index (χ0n) is 17.5. The van der Waals surface area contributed by atoms with Crippen LogP contribution in [0.3, 0.4) is 0 Å². The standard InChI is InChI=1S/C25H22N2O4S/c1-15(28)31-23(20-8-5-11-26-20)22(29)19-14-18(16-6-3-2-4-7-16)25(30)27-12-9-17-10-13-32-24(17)21(19)27/h2-4,6-7,9-10,12-14,20,23,26H,5,8,11H2,1H3/t20-,23?/m1/s1. The fourth-order valence-electron chi connectivity index (χ4n) is 4.44. The van der Waals surface area contributed by atoms with Crippen molar-refractivity contribution in [3.63, 3.8) is 0 Å². The summed E-state index contributed by atoms with van der Waals surface area (Å²) in [6.07, 6.45) is 2.42. The lowest BCUT2D eigenvalue weighted by Gasteiger charge is -2.23. The third-order valence-corrected chi connectivity index (χ3v) is 6.85. The van der Waals surface area contributed by atoms with Gasteiger partial charge in [0.15, 0.2) is 6.10 Å². The van der Waals surface area contributed by atoms with Crippen LogP contribution in [0, 0.1) is 0 Å². The Morgan fingerprint density at radius 3 is 2.72 bits per heavy atom. The lowest BCUT2D eigenvalue weighted by molar-refractivity contribution is -0.145. The van der Waals surface area contributed by atoms with Gasteiger partial charge in [0.2, 0.25) is 5.78 Å². The number of carbonyl (C=O) groups excluding carboxylic acids is 2. The van der Waals surface area contributed by atoms with Gasteiger partial charge in [-0.2, -0.15) is 0 Å². The summed E-state index contributed by atoms with van der Waals surface area (Å²) in [5.41, 5.74) is 1.92. The van der Waals surface area contributed by atoms with Crippen LogP contribution in [-0.2, 0) is 9.53 Å². The van der Waals surface area contributed by atoms with Gasteiger partial charge in [-0.3, -0.25) is 18.8 Å². The first-order valence-corrected chi connectivity index (χ1v) is 11.5. The highest BCUT2D eigenvalue weighted by atomic mass is 32.1. The number of pyridine rings is 2. The van der Waals surface area contributed by atoms with Gasteiger partial charge < -0.3 is 10.1 Å². The molecule has 32 heavy (non-hydrogen) atoms. The Morgan fingerprint density at radius 1 is 1.19 bits per heavy atom. The second-order valence-corrected chi connectivity index (χ2v) is 8.90. The summed E-state index contributed by atoms with van der Waals surface area (Å²) >= 11 is 1.48. The van der Waals surface area contributed by atoms with E-state index in [-0.39, 0.29) is 17.4 Å². The summed E-state index contributed by atoms with van der Waals surface area (Å²) in [4.78, 5) is 39.2. The molecule has 1 aromatic carbocycles. The van der Waals surface area contributed by atoms with Crippen LogP contribution in [0.5, 0.6) is 0 Å². The molecule has 3 aromatic heterocycles. The first-order valence-electron chi connectivity index (χ1n) is 10.6. The van der Waals surface area contributed by atoms with Gasteiger partial charge in [0, 0.05) is 24.2 Å². The van der Waals surface area contributed by atoms with Gasteiger partial charge in [0.05, 0.1) is 16.3 Å². The molecule has 0 radical (unpaired) electrons. The zero-order valence-corrected chi connectivity index (χ0v) is 18.4. The van der Waals surface area contributed by atoms with Crippen molar-refractivity contribution in [2.24, 2.45) is 0 Å². The van der Waals surface area contributed by atoms with Crippen LogP contribution in [0.2, 0.25) is 0 Å². The van der Waals surface area contributed by atoms with Crippen LogP contribution in [0.4, 0.5) is 0 Å². The summed E-state index contributed by atoms with van der Waals surface area (Å²) in [6.45, 7) is 2.09. The van der Waals surface area contributed by atoms with Gasteiger partial charge >= 0.3 is 5.97 Å². The molecule has 0 aliphatic carbocycles. The molecule has 0 amide bonds. The number of thiophene rings is 1. The number of hydrogen-bond donors (Lipinski definition) is 1. The first kappa shape index (κ1) is 20.6. The molecule has 2 atom stereocenters. The fraction of sp³-hybridized carbons (Fsp3) is 0.240. The van der Waals surface area contributed by atoms with E-state index in [0.717, 1.165) is 35.0 Å². The molecule has 1 unspecified atom stereocenters. The Hall–Kier alpha value is -3.29. The van der Waals surface area contributed by atoms with E-state index < -0.39 is 12.1 Å². The molecular weight excluding hydrogens is 424 g/mol. The number of ether oxygens (including phenoxy) is 1. The molecule has 6 nitrogen and oxygen atoms in total. The van der Waals surface area contributed by atoms with Crippen LogP contribution in [0.15, 0.2) is 64.9 Å². The van der Waals surface area contributed by atoms with Crippen LogP contribution in [-0.4, -0.2) is 34.8 Å². The van der Waals surface area contributed by atoms with E-state index in [1.165, 1.54) is 18.3 Å². The van der Waals surface area contributed by atoms with Crippen molar-refractivity contribution in [2.45, 2.75) is 31.9 Å². The second kappa shape index (κ2) is 8.33. The number of rotatable bonds is 5. The second-order valence-electron chi connectivity index (χ2n) is 7.98. The number of Topliss-reactive ketones (excluding diaryl/α,β-unsaturated/α-hetero) is 1. The van der Waals surface area contributed by atoms with Gasteiger partial charge in [0.25, 0.3) is 5.56 Å². The number of nitrogens with one attached hydrogen (secondary N) is 1. The van der Waals surface area contributed by atoms with Crippen molar-refractivity contribution in [1.29, 1.82) is 0 Å². The summed E-state index contributed by atoms with van der Waals surface area (Å²) in [6, 6.07) is 14.6. The van der Waals surface area contributed by atoms with Crippen LogP contribution in [0.25, 0.3) is 26.7 Å². The molecule has 0 bridgehead atoms. The maximum Gasteiger partial charge on any atom is 0.303 e. The minimum Gasteiger partial charge on any atom is -0.452 e. The highest BCUT2D eigenvalue weighted by Crippen LogP contribution is 2.31. The normalized spacial score (nSPS) is 17.0. The van der Waals surface area contributed by atoms with Crippen molar-refractivity contribution in [3.05, 3.63) is 76.0 Å². The fourth-order valence-corrected chi connectivity index (χ4v) is 5.38. The van der Waals surface area contributed by atoms with E-state index in [1.54, 1.807) is 16.7 Å². The Balaban J connectivity index is 1.79. The van der Waals surface area contributed by atoms with Crippen LogP contribution in [0.1, 0.15) is 30.1 Å². The van der Waals surface area contributed by atoms with E-state index in [4.69, 9.17) is 4.74 Å². The lowest BCUT2D eigenvalue weighted by atomic mass is 9.95. The molecule has 1 aliphatic heterocycles. The van der Waals surface area contributed by atoms with E-state index in [0.29, 0.717) is 16.6 Å². The number of fused-ring (bicyclic) bond motifs is 3. The number of ketones is 1. The maximum absolute atomic E-state index is 13.9. The highest BCUT2D eigenvalue weighted by molar-refractivity contribution is 7.18. The molecule has 5 rings (SSSR count). The molecule has 0 saturated carbocycles. The summed E-state index contributed by atoms with van der Waals surface area (Å²) in [7, 11) is 0. The third-order valence-electron chi connectivity index (χ3n) is 5.91. The van der Waals surface area contributed by atoms with Gasteiger partial charge in [-0.1, -0.05) is 30.3 Å². The molecule has 1 saturated heterocycles. The average molecular weight is 447 g/mol. The van der Waals surface area contributed by atoms with Crippen molar-refractivity contribution < 1.29 is 14.3 Å². The van der Waals surface area contributed by atoms with Crippen molar-refractivity contribution >= 4 is 38.7 Å². The smallest absolute Gasteiger partial charge is 0.303 e. The minimum atomic E-state index is -0.949. The quantitative estimate of drug-likeness (QED) is 0.370. The van der Waals surface area contributed by atoms with Gasteiger partial charge in [-0.15, -0.1) is 11.3 Å². The maximum atomic E-state index is 13.9. The third kappa shape index (κ3) is 3.53. The Labute approximate surface area is 188 Å². The monoisotopic (exact) mass is 446 g/mol. The zero-order chi connectivity index (χ0) is 22.2. The van der Waals surface area contributed by atoms with Gasteiger partial charge in [-0.25, -0.2) is 0 Å². The Bertz CT molecular complexity index is 1380. The van der Waals surface area contributed by atoms with Gasteiger partial charge in [0.1, 0.15) is 0 Å². The number of nitrogens with zero attached hydrogens (tertiary/aromatic N) is 1. The number of aromatic nitrogens is 1. The van der Waals surface area contributed by atoms with E-state index in [1.807, 2.05) is 47.8 Å². The summed E-state index contributed by atoms with van der Waals surface area (Å²) in [5, 5.41) is 6.19. The van der Waals surface area contributed by atoms with Gasteiger partial charge in [-0.05, 0) is 53.9 Å². The number of carbonyl (C=O) groups is 2. The van der Waals surface area contributed by atoms with Crippen LogP contribution < -0.4 is 10.9 Å². The summed E-state index contributed by atoms with van der Waals surface area (Å²) in [5.74, 6) is -0.797. The van der Waals surface area contributed by atoms with E-state index >= 15 is 0 Å². The molecule has 4 aromatic rings. The molecule has 1 aliphatic rings. The molecule has 162 valence electrons. The Morgan fingerprint density at radius 2 is 2.00 bits per heavy atom. The average Bonchev–Trinajstić information content (AvgIpc) is 3.50. The Kier molecular flexibility index (Phi) is 5.36. The molecule has 4 heterocycles. The topological polar surface area (TPSA) is 76.9 Å². The lowest BCUT2D eigenvalue weighted by Crippen LogP contribution is -2.43. The van der Waals surface area contributed by atoms with E-state index in [9.17, 15) is 14.4 Å². The molecule has 1 N–H and O–H groups in total. The number of hydrogen-bond acceptors (Lipinski definition) is 6. The summed E-state index contributed by atoms with van der Waals surface area (Å²) < 4.78 is 7.93. The largest absolute Gasteiger partial charge is 0.452 e. The predicted octanol–water partition coefficient (Wildman–Crippen LogP) is 4.05. The van der Waals surface area contributed by atoms with Crippen molar-refractivity contribution in [1.82, 2.24) is 9.72 Å².